The second-order valence-corrected chi connectivity index (χ2v) is 8.86. The van der Waals surface area contributed by atoms with Gasteiger partial charge in [0, 0.05) is 22.0 Å². The van der Waals surface area contributed by atoms with Crippen molar-refractivity contribution in [3.8, 4) is 22.8 Å². The number of rotatable bonds is 4. The summed E-state index contributed by atoms with van der Waals surface area (Å²) in [5, 5.41) is 13.8. The van der Waals surface area contributed by atoms with E-state index in [-0.39, 0.29) is 24.9 Å². The molecule has 37 heavy (non-hydrogen) atoms. The molecule has 0 amide bonds. The van der Waals surface area contributed by atoms with Gasteiger partial charge in [0.1, 0.15) is 5.60 Å². The number of nitrogens with one attached hydrogen (secondary N) is 1. The van der Waals surface area contributed by atoms with Crippen molar-refractivity contribution in [2.75, 3.05) is 6.61 Å². The van der Waals surface area contributed by atoms with Crippen molar-refractivity contribution in [3.05, 3.63) is 58.8 Å². The monoisotopic (exact) mass is 525 g/mol. The summed E-state index contributed by atoms with van der Waals surface area (Å²) in [4.78, 5) is 18.6. The lowest BCUT2D eigenvalue weighted by molar-refractivity contribution is -0.147. The van der Waals surface area contributed by atoms with Gasteiger partial charge in [0.2, 0.25) is 5.82 Å². The Hall–Kier alpha value is -3.87. The zero-order valence-corrected chi connectivity index (χ0v) is 18.9. The van der Waals surface area contributed by atoms with Crippen LogP contribution >= 0.6 is 0 Å². The molecule has 0 saturated carbocycles. The van der Waals surface area contributed by atoms with Crippen LogP contribution in [0.25, 0.3) is 33.7 Å². The quantitative estimate of drug-likeness (QED) is 0.309. The first-order chi connectivity index (χ1) is 17.2. The fraction of sp³-hybridized carbons (Fsp3) is 0.292. The van der Waals surface area contributed by atoms with Gasteiger partial charge in [-0.05, 0) is 55.3 Å². The Kier molecular flexibility index (Phi) is 5.59. The number of ether oxygens (including phenoxy) is 1. The number of alkyl halides is 6. The lowest BCUT2D eigenvalue weighted by Crippen LogP contribution is -2.34. The number of aliphatic carboxylic acids is 1. The Morgan fingerprint density at radius 3 is 2.35 bits per heavy atom. The number of carboxylic acid groups (broad SMARTS) is 1. The van der Waals surface area contributed by atoms with E-state index in [0.29, 0.717) is 35.3 Å². The van der Waals surface area contributed by atoms with E-state index in [1.54, 1.807) is 25.1 Å². The van der Waals surface area contributed by atoms with Crippen LogP contribution < -0.4 is 0 Å². The van der Waals surface area contributed by atoms with Crippen molar-refractivity contribution in [1.82, 2.24) is 15.1 Å². The minimum absolute atomic E-state index is 0.0194. The van der Waals surface area contributed by atoms with E-state index in [1.165, 1.54) is 0 Å². The van der Waals surface area contributed by atoms with Gasteiger partial charge < -0.3 is 19.4 Å². The summed E-state index contributed by atoms with van der Waals surface area (Å²) in [6.45, 7) is 1.96. The number of hydrogen-bond donors (Lipinski definition) is 2. The number of hydrogen-bond acceptors (Lipinski definition) is 5. The van der Waals surface area contributed by atoms with Crippen molar-refractivity contribution in [2.45, 2.75) is 37.7 Å². The third-order valence-electron chi connectivity index (χ3n) is 6.22. The molecule has 2 aromatic carbocycles. The van der Waals surface area contributed by atoms with Gasteiger partial charge in [-0.3, -0.25) is 4.79 Å². The van der Waals surface area contributed by atoms with Gasteiger partial charge in [-0.15, -0.1) is 0 Å². The van der Waals surface area contributed by atoms with E-state index < -0.39 is 46.5 Å². The molecule has 7 nitrogen and oxygen atoms in total. The van der Waals surface area contributed by atoms with Crippen molar-refractivity contribution < 1.29 is 45.5 Å². The second-order valence-electron chi connectivity index (χ2n) is 8.86. The topological polar surface area (TPSA) is 101 Å². The van der Waals surface area contributed by atoms with E-state index in [4.69, 9.17) is 9.26 Å². The molecule has 0 radical (unpaired) electrons. The molecule has 0 aliphatic carbocycles. The highest BCUT2D eigenvalue weighted by Gasteiger charge is 2.39. The molecule has 0 spiro atoms. The third-order valence-corrected chi connectivity index (χ3v) is 6.22. The Bertz CT molecular complexity index is 1490. The van der Waals surface area contributed by atoms with Crippen LogP contribution in [0.3, 0.4) is 0 Å². The molecule has 0 saturated heterocycles. The lowest BCUT2D eigenvalue weighted by Gasteiger charge is -2.32. The van der Waals surface area contributed by atoms with Gasteiger partial charge in [-0.2, -0.15) is 31.3 Å². The minimum atomic E-state index is -5.02. The first-order valence-electron chi connectivity index (χ1n) is 10.9. The molecule has 1 aliphatic rings. The molecule has 2 aromatic heterocycles. The van der Waals surface area contributed by atoms with E-state index in [0.717, 1.165) is 10.9 Å². The summed E-state index contributed by atoms with van der Waals surface area (Å²) in [6, 6.07) is 6.03. The molecule has 5 rings (SSSR count). The summed E-state index contributed by atoms with van der Waals surface area (Å²) < 4.78 is 90.1. The molecule has 0 fully saturated rings. The van der Waals surface area contributed by atoms with Crippen LogP contribution in [-0.4, -0.2) is 32.8 Å². The van der Waals surface area contributed by atoms with Gasteiger partial charge in [0.25, 0.3) is 5.89 Å². The second kappa shape index (κ2) is 8.33. The summed E-state index contributed by atoms with van der Waals surface area (Å²) in [6.07, 6.45) is -9.80. The zero-order chi connectivity index (χ0) is 26.8. The molecule has 1 atom stereocenters. The van der Waals surface area contributed by atoms with Crippen molar-refractivity contribution in [2.24, 2.45) is 0 Å². The summed E-state index contributed by atoms with van der Waals surface area (Å²) in [5.74, 6) is -1.58. The molecule has 2 N–H and O–H groups in total. The van der Waals surface area contributed by atoms with Crippen LogP contribution in [0.5, 0.6) is 0 Å². The third kappa shape index (κ3) is 4.54. The minimum Gasteiger partial charge on any atom is -0.481 e. The molecule has 0 bridgehead atoms. The molecular formula is C24H17F6N3O4. The first-order valence-corrected chi connectivity index (χ1v) is 10.9. The molecule has 1 unspecified atom stereocenters. The molecule has 4 aromatic rings. The average Bonchev–Trinajstić information content (AvgIpc) is 3.43. The average molecular weight is 525 g/mol. The van der Waals surface area contributed by atoms with Gasteiger partial charge in [-0.25, -0.2) is 0 Å². The van der Waals surface area contributed by atoms with Crippen molar-refractivity contribution in [1.29, 1.82) is 0 Å². The van der Waals surface area contributed by atoms with Crippen LogP contribution in [0, 0.1) is 0 Å². The highest BCUT2D eigenvalue weighted by molar-refractivity contribution is 5.89. The van der Waals surface area contributed by atoms with Crippen LogP contribution in [0.1, 0.15) is 35.7 Å². The largest absolute Gasteiger partial charge is 0.481 e. The van der Waals surface area contributed by atoms with Gasteiger partial charge in [0.05, 0.1) is 29.8 Å². The number of benzene rings is 2. The number of aromatic amines is 1. The molecule has 194 valence electrons. The van der Waals surface area contributed by atoms with Gasteiger partial charge in [0.15, 0.2) is 0 Å². The fourth-order valence-corrected chi connectivity index (χ4v) is 4.51. The van der Waals surface area contributed by atoms with Crippen LogP contribution in [0.2, 0.25) is 0 Å². The van der Waals surface area contributed by atoms with E-state index in [1.807, 2.05) is 0 Å². The predicted molar refractivity (Wildman–Crippen MR) is 116 cm³/mol. The molecular weight excluding hydrogens is 508 g/mol. The Morgan fingerprint density at radius 2 is 1.73 bits per heavy atom. The highest BCUT2D eigenvalue weighted by Crippen LogP contribution is 2.41. The number of H-pyrrole nitrogens is 1. The highest BCUT2D eigenvalue weighted by atomic mass is 19.4. The normalized spacial score (nSPS) is 18.2. The Morgan fingerprint density at radius 1 is 1.05 bits per heavy atom. The van der Waals surface area contributed by atoms with E-state index >= 15 is 0 Å². The standard InChI is InChI=1S/C24H17F6N3O4/c1-22(10-18(34)35)19-15(4-5-36-22)16-8-11(2-3-17(16)31-19)20-32-21(37-33-20)12-6-13(23(25,26)27)9-14(7-12)24(28,29)30/h2-3,6-9,31H,4-5,10H2,1H3,(H,34,35). The first kappa shape index (κ1) is 24.8. The summed E-state index contributed by atoms with van der Waals surface area (Å²) >= 11 is 0. The maximum atomic E-state index is 13.2. The van der Waals surface area contributed by atoms with Gasteiger partial charge in [-0.1, -0.05) is 5.16 Å². The smallest absolute Gasteiger partial charge is 0.416 e. The number of carboxylic acids is 1. The maximum absolute atomic E-state index is 13.2. The van der Waals surface area contributed by atoms with E-state index in [9.17, 15) is 36.2 Å². The van der Waals surface area contributed by atoms with Crippen molar-refractivity contribution >= 4 is 16.9 Å². The summed E-state index contributed by atoms with van der Waals surface area (Å²) in [5.41, 5.74) is -2.05. The number of halogens is 6. The molecule has 13 heteroatoms. The lowest BCUT2D eigenvalue weighted by atomic mass is 9.90. The van der Waals surface area contributed by atoms with Crippen LogP contribution in [0.4, 0.5) is 26.3 Å². The number of aromatic nitrogens is 3. The number of fused-ring (bicyclic) bond motifs is 3. The fourth-order valence-electron chi connectivity index (χ4n) is 4.51. The van der Waals surface area contributed by atoms with Crippen LogP contribution in [-0.2, 0) is 33.9 Å². The summed E-state index contributed by atoms with van der Waals surface area (Å²) in [7, 11) is 0. The predicted octanol–water partition coefficient (Wildman–Crippen LogP) is 6.19. The number of nitrogens with zero attached hydrogens (tertiary/aromatic N) is 2. The Balaban J connectivity index is 1.56. The Labute approximate surface area is 204 Å². The van der Waals surface area contributed by atoms with Crippen molar-refractivity contribution in [3.63, 3.8) is 0 Å². The molecule has 1 aliphatic heterocycles. The zero-order valence-electron chi connectivity index (χ0n) is 18.9. The SMILES string of the molecule is CC1(CC(=O)O)OCCc2c1[nH]c1ccc(-c3noc(-c4cc(C(F)(F)F)cc(C(F)(F)F)c4)n3)cc21. The molecule has 3 heterocycles. The maximum Gasteiger partial charge on any atom is 0.416 e. The van der Waals surface area contributed by atoms with Crippen LogP contribution in [0.15, 0.2) is 40.9 Å². The van der Waals surface area contributed by atoms with Gasteiger partial charge >= 0.3 is 18.3 Å². The number of carbonyl (C=O) groups is 1. The van der Waals surface area contributed by atoms with E-state index in [2.05, 4.69) is 15.1 Å².